The molecule has 0 bridgehead atoms. The molecule has 1 atom stereocenters. The monoisotopic (exact) mass is 383 g/mol. The molecular formula is C25H41N3. The van der Waals surface area contributed by atoms with Crippen LogP contribution in [-0.4, -0.2) is 55.1 Å². The second kappa shape index (κ2) is 8.85. The third-order valence-electron chi connectivity index (χ3n) is 7.78. The van der Waals surface area contributed by atoms with Crippen LogP contribution in [0.2, 0.25) is 0 Å². The molecule has 1 aliphatic carbocycles. The molecule has 1 spiro atoms. The lowest BCUT2D eigenvalue weighted by molar-refractivity contribution is -0.0640. The summed E-state index contributed by atoms with van der Waals surface area (Å²) in [5, 5.41) is 3.56. The largest absolute Gasteiger partial charge is 0.317 e. The SMILES string of the molecule is CCCCN1CCN(C2CC3(CCNCC3)C2)C(c2ccccc2C(C)C)C1. The van der Waals surface area contributed by atoms with E-state index < -0.39 is 0 Å². The van der Waals surface area contributed by atoms with Gasteiger partial charge >= 0.3 is 0 Å². The van der Waals surface area contributed by atoms with Gasteiger partial charge in [-0.15, -0.1) is 0 Å². The van der Waals surface area contributed by atoms with Crippen LogP contribution in [0.1, 0.15) is 82.4 Å². The molecule has 1 aromatic carbocycles. The number of benzene rings is 1. The number of hydrogen-bond donors (Lipinski definition) is 1. The molecule has 4 rings (SSSR count). The maximum absolute atomic E-state index is 3.56. The molecular weight excluding hydrogens is 342 g/mol. The molecule has 2 aliphatic heterocycles. The minimum Gasteiger partial charge on any atom is -0.317 e. The lowest BCUT2D eigenvalue weighted by Crippen LogP contribution is -2.59. The zero-order chi connectivity index (χ0) is 19.6. The number of unbranched alkanes of at least 4 members (excludes halogenated alkanes) is 1. The molecule has 1 aromatic rings. The van der Waals surface area contributed by atoms with Crippen molar-refractivity contribution in [3.63, 3.8) is 0 Å². The molecule has 1 saturated carbocycles. The number of hydrogen-bond acceptors (Lipinski definition) is 3. The quantitative estimate of drug-likeness (QED) is 0.761. The van der Waals surface area contributed by atoms with E-state index in [9.17, 15) is 0 Å². The number of piperazine rings is 1. The van der Waals surface area contributed by atoms with Crippen molar-refractivity contribution in [2.24, 2.45) is 5.41 Å². The zero-order valence-corrected chi connectivity index (χ0v) is 18.4. The fraction of sp³-hybridized carbons (Fsp3) is 0.760. The first-order chi connectivity index (χ1) is 13.6. The average Bonchev–Trinajstić information content (AvgIpc) is 2.71. The van der Waals surface area contributed by atoms with E-state index in [0.717, 1.165) is 6.04 Å². The Morgan fingerprint density at radius 2 is 1.86 bits per heavy atom. The van der Waals surface area contributed by atoms with Crippen molar-refractivity contribution < 1.29 is 0 Å². The van der Waals surface area contributed by atoms with Crippen LogP contribution in [0.3, 0.4) is 0 Å². The molecule has 3 nitrogen and oxygen atoms in total. The molecule has 0 radical (unpaired) electrons. The molecule has 156 valence electrons. The van der Waals surface area contributed by atoms with E-state index in [4.69, 9.17) is 0 Å². The van der Waals surface area contributed by atoms with Crippen molar-refractivity contribution in [3.05, 3.63) is 35.4 Å². The highest BCUT2D eigenvalue weighted by atomic mass is 15.3. The van der Waals surface area contributed by atoms with Gasteiger partial charge in [0.25, 0.3) is 0 Å². The first kappa shape index (κ1) is 20.4. The van der Waals surface area contributed by atoms with Crippen LogP contribution in [0.25, 0.3) is 0 Å². The third kappa shape index (κ3) is 4.17. The second-order valence-corrected chi connectivity index (χ2v) is 10.0. The van der Waals surface area contributed by atoms with E-state index in [2.05, 4.69) is 60.2 Å². The number of nitrogens with one attached hydrogen (secondary N) is 1. The van der Waals surface area contributed by atoms with Crippen molar-refractivity contribution in [1.82, 2.24) is 15.1 Å². The van der Waals surface area contributed by atoms with Gasteiger partial charge in [0.1, 0.15) is 0 Å². The topological polar surface area (TPSA) is 18.5 Å². The molecule has 0 amide bonds. The van der Waals surface area contributed by atoms with Gasteiger partial charge in [-0.1, -0.05) is 51.5 Å². The third-order valence-corrected chi connectivity index (χ3v) is 7.78. The van der Waals surface area contributed by atoms with Crippen LogP contribution in [0.4, 0.5) is 0 Å². The highest BCUT2D eigenvalue weighted by Gasteiger charge is 2.49. The Morgan fingerprint density at radius 3 is 2.57 bits per heavy atom. The number of piperidine rings is 1. The molecule has 28 heavy (non-hydrogen) atoms. The van der Waals surface area contributed by atoms with E-state index in [1.165, 1.54) is 77.8 Å². The summed E-state index contributed by atoms with van der Waals surface area (Å²) >= 11 is 0. The molecule has 3 aliphatic rings. The summed E-state index contributed by atoms with van der Waals surface area (Å²) in [7, 11) is 0. The summed E-state index contributed by atoms with van der Waals surface area (Å²) in [6.07, 6.45) is 8.29. The second-order valence-electron chi connectivity index (χ2n) is 10.0. The Kier molecular flexibility index (Phi) is 6.44. The van der Waals surface area contributed by atoms with Gasteiger partial charge < -0.3 is 10.2 Å². The highest BCUT2D eigenvalue weighted by Crippen LogP contribution is 2.52. The molecule has 1 N–H and O–H groups in total. The van der Waals surface area contributed by atoms with Crippen LogP contribution >= 0.6 is 0 Å². The molecule has 2 heterocycles. The molecule has 1 unspecified atom stereocenters. The Balaban J connectivity index is 1.53. The predicted octanol–water partition coefficient (Wildman–Crippen LogP) is 4.80. The van der Waals surface area contributed by atoms with E-state index >= 15 is 0 Å². The maximum atomic E-state index is 3.56. The van der Waals surface area contributed by atoms with Gasteiger partial charge in [0.05, 0.1) is 0 Å². The van der Waals surface area contributed by atoms with Gasteiger partial charge in [-0.2, -0.15) is 0 Å². The van der Waals surface area contributed by atoms with E-state index in [-0.39, 0.29) is 0 Å². The van der Waals surface area contributed by atoms with Crippen LogP contribution < -0.4 is 5.32 Å². The Hall–Kier alpha value is -0.900. The van der Waals surface area contributed by atoms with Crippen molar-refractivity contribution in [2.45, 2.75) is 77.3 Å². The summed E-state index contributed by atoms with van der Waals surface area (Å²) in [5.41, 5.74) is 3.83. The van der Waals surface area contributed by atoms with E-state index in [0.29, 0.717) is 17.4 Å². The molecule has 2 saturated heterocycles. The van der Waals surface area contributed by atoms with E-state index in [1.807, 2.05) is 0 Å². The first-order valence-electron chi connectivity index (χ1n) is 11.9. The van der Waals surface area contributed by atoms with Gasteiger partial charge in [-0.05, 0) is 74.2 Å². The van der Waals surface area contributed by atoms with Crippen LogP contribution in [0.5, 0.6) is 0 Å². The lowest BCUT2D eigenvalue weighted by Gasteiger charge is -2.57. The molecule has 3 heteroatoms. The van der Waals surface area contributed by atoms with Crippen LogP contribution in [0, 0.1) is 5.41 Å². The van der Waals surface area contributed by atoms with Crippen molar-refractivity contribution in [1.29, 1.82) is 0 Å². The van der Waals surface area contributed by atoms with Crippen molar-refractivity contribution >= 4 is 0 Å². The van der Waals surface area contributed by atoms with E-state index in [1.54, 1.807) is 11.1 Å². The van der Waals surface area contributed by atoms with Gasteiger partial charge in [-0.25, -0.2) is 0 Å². The standard InChI is InChI=1S/C25H41N3/c1-4-5-14-27-15-16-28(21-17-25(18-21)10-12-26-13-11-25)24(19-27)23-9-7-6-8-22(23)20(2)3/h6-9,20-21,24,26H,4-5,10-19H2,1-3H3. The minimum atomic E-state index is 0.577. The fourth-order valence-corrected chi connectivity index (χ4v) is 6.03. The van der Waals surface area contributed by atoms with Crippen LogP contribution in [-0.2, 0) is 0 Å². The first-order valence-corrected chi connectivity index (χ1v) is 11.9. The minimum absolute atomic E-state index is 0.577. The summed E-state index contributed by atoms with van der Waals surface area (Å²) in [5.74, 6) is 0.598. The average molecular weight is 384 g/mol. The lowest BCUT2D eigenvalue weighted by atomic mass is 9.60. The maximum Gasteiger partial charge on any atom is 0.0481 e. The normalized spacial score (nSPS) is 26.6. The number of nitrogens with zero attached hydrogens (tertiary/aromatic N) is 2. The molecule has 3 fully saturated rings. The Labute approximate surface area is 172 Å². The summed E-state index contributed by atoms with van der Waals surface area (Å²) < 4.78 is 0. The van der Waals surface area contributed by atoms with Crippen LogP contribution in [0.15, 0.2) is 24.3 Å². The van der Waals surface area contributed by atoms with Gasteiger partial charge in [0, 0.05) is 31.7 Å². The van der Waals surface area contributed by atoms with Gasteiger partial charge in [0.2, 0.25) is 0 Å². The molecule has 0 aromatic heterocycles. The fourth-order valence-electron chi connectivity index (χ4n) is 6.03. The smallest absolute Gasteiger partial charge is 0.0481 e. The Morgan fingerprint density at radius 1 is 1.11 bits per heavy atom. The zero-order valence-electron chi connectivity index (χ0n) is 18.4. The summed E-state index contributed by atoms with van der Waals surface area (Å²) in [6.45, 7) is 14.5. The predicted molar refractivity (Wildman–Crippen MR) is 119 cm³/mol. The summed E-state index contributed by atoms with van der Waals surface area (Å²) in [4.78, 5) is 5.65. The summed E-state index contributed by atoms with van der Waals surface area (Å²) in [6, 6.07) is 10.7. The highest BCUT2D eigenvalue weighted by molar-refractivity contribution is 5.33. The van der Waals surface area contributed by atoms with Crippen molar-refractivity contribution in [2.75, 3.05) is 39.3 Å². The van der Waals surface area contributed by atoms with Crippen molar-refractivity contribution in [3.8, 4) is 0 Å². The Bertz CT molecular complexity index is 626. The van der Waals surface area contributed by atoms with Gasteiger partial charge in [-0.3, -0.25) is 4.90 Å². The number of rotatable bonds is 6. The van der Waals surface area contributed by atoms with Gasteiger partial charge in [0.15, 0.2) is 0 Å².